The number of hydrogen-bond donors (Lipinski definition) is 2. The van der Waals surface area contributed by atoms with Crippen LogP contribution in [0.1, 0.15) is 26.3 Å². The highest BCUT2D eigenvalue weighted by Gasteiger charge is 2.28. The summed E-state index contributed by atoms with van der Waals surface area (Å²) in [4.78, 5) is 12.6. The molecule has 7 nitrogen and oxygen atoms in total. The molecule has 154 valence electrons. The Balaban J connectivity index is 2.08. The second-order valence-corrected chi connectivity index (χ2v) is 9.30. The van der Waals surface area contributed by atoms with Crippen LogP contribution in [-0.4, -0.2) is 34.1 Å². The van der Waals surface area contributed by atoms with Gasteiger partial charge in [0.05, 0.1) is 13.7 Å². The Morgan fingerprint density at radius 3 is 2.54 bits per heavy atom. The third kappa shape index (κ3) is 5.70. The highest BCUT2D eigenvalue weighted by Crippen LogP contribution is 2.28. The Morgan fingerprint density at radius 1 is 1.21 bits per heavy atom. The molecule has 0 saturated heterocycles. The summed E-state index contributed by atoms with van der Waals surface area (Å²) >= 11 is 1.11. The molecule has 1 heterocycles. The zero-order valence-electron chi connectivity index (χ0n) is 16.4. The molecular weight excluding hydrogens is 400 g/mol. The fraction of sp³-hybridized carbons (Fsp3) is 0.421. The van der Waals surface area contributed by atoms with E-state index in [1.54, 1.807) is 44.5 Å². The molecule has 0 radical (unpaired) electrons. The molecule has 1 amide bonds. The molecule has 2 aromatic rings. The van der Waals surface area contributed by atoms with E-state index in [-0.39, 0.29) is 22.6 Å². The Bertz CT molecular complexity index is 880. The van der Waals surface area contributed by atoms with Gasteiger partial charge in [-0.05, 0) is 42.0 Å². The summed E-state index contributed by atoms with van der Waals surface area (Å²) in [5.41, 5.74) is 0.821. The summed E-state index contributed by atoms with van der Waals surface area (Å²) in [7, 11) is -2.18. The number of nitrogens with one attached hydrogen (secondary N) is 2. The number of carbonyl (C=O) groups is 1. The van der Waals surface area contributed by atoms with Gasteiger partial charge in [0.2, 0.25) is 5.91 Å². The van der Waals surface area contributed by atoms with Crippen LogP contribution in [0.5, 0.6) is 11.5 Å². The second kappa shape index (κ2) is 9.90. The van der Waals surface area contributed by atoms with Gasteiger partial charge in [0, 0.05) is 6.54 Å². The van der Waals surface area contributed by atoms with Crippen LogP contribution in [0, 0.1) is 5.92 Å². The Kier molecular flexibility index (Phi) is 7.85. The second-order valence-electron chi connectivity index (χ2n) is 6.41. The van der Waals surface area contributed by atoms with E-state index < -0.39 is 16.1 Å². The molecule has 0 unspecified atom stereocenters. The highest BCUT2D eigenvalue weighted by atomic mass is 32.2. The van der Waals surface area contributed by atoms with Crippen LogP contribution in [-0.2, 0) is 21.4 Å². The molecule has 2 rings (SSSR count). The molecule has 1 aromatic heterocycles. The van der Waals surface area contributed by atoms with Crippen LogP contribution in [0.2, 0.25) is 0 Å². The van der Waals surface area contributed by atoms with Gasteiger partial charge in [-0.2, -0.15) is 4.72 Å². The van der Waals surface area contributed by atoms with Crippen molar-refractivity contribution in [3.63, 3.8) is 0 Å². The highest BCUT2D eigenvalue weighted by molar-refractivity contribution is 7.91. The topological polar surface area (TPSA) is 93.7 Å². The average molecular weight is 427 g/mol. The maximum atomic E-state index is 12.6. The molecular formula is C19H26N2O5S2. The van der Waals surface area contributed by atoms with Crippen LogP contribution >= 0.6 is 11.3 Å². The van der Waals surface area contributed by atoms with E-state index in [4.69, 9.17) is 9.47 Å². The largest absolute Gasteiger partial charge is 0.493 e. The monoisotopic (exact) mass is 426 g/mol. The average Bonchev–Trinajstić information content (AvgIpc) is 3.20. The molecule has 0 spiro atoms. The zero-order valence-corrected chi connectivity index (χ0v) is 18.0. The van der Waals surface area contributed by atoms with Crippen LogP contribution in [0.4, 0.5) is 0 Å². The first-order valence-electron chi connectivity index (χ1n) is 8.91. The molecule has 0 saturated carbocycles. The van der Waals surface area contributed by atoms with Crippen molar-refractivity contribution in [2.45, 2.75) is 37.6 Å². The lowest BCUT2D eigenvalue weighted by molar-refractivity contribution is -0.123. The molecule has 1 aromatic carbocycles. The van der Waals surface area contributed by atoms with E-state index in [0.29, 0.717) is 18.1 Å². The number of rotatable bonds is 10. The van der Waals surface area contributed by atoms with Crippen LogP contribution < -0.4 is 19.5 Å². The van der Waals surface area contributed by atoms with E-state index in [2.05, 4.69) is 10.0 Å². The predicted octanol–water partition coefficient (Wildman–Crippen LogP) is 2.77. The van der Waals surface area contributed by atoms with E-state index >= 15 is 0 Å². The van der Waals surface area contributed by atoms with Gasteiger partial charge in [0.15, 0.2) is 11.5 Å². The minimum atomic E-state index is -3.74. The first-order valence-corrected chi connectivity index (χ1v) is 11.3. The van der Waals surface area contributed by atoms with Gasteiger partial charge < -0.3 is 14.8 Å². The van der Waals surface area contributed by atoms with Crippen LogP contribution in [0.15, 0.2) is 39.9 Å². The van der Waals surface area contributed by atoms with E-state index in [1.165, 1.54) is 6.07 Å². The Hall–Kier alpha value is -2.10. The third-order valence-electron chi connectivity index (χ3n) is 3.99. The lowest BCUT2D eigenvalue weighted by Crippen LogP contribution is -2.49. The lowest BCUT2D eigenvalue weighted by atomic mass is 10.0. The summed E-state index contributed by atoms with van der Waals surface area (Å²) in [6.07, 6.45) is 0. The summed E-state index contributed by atoms with van der Waals surface area (Å²) < 4.78 is 38.4. The molecule has 0 aliphatic heterocycles. The SMILES string of the molecule is CCOc1cc(CNC(=O)[C@H](NS(=O)(=O)c2cccs2)C(C)C)ccc1OC. The fourth-order valence-electron chi connectivity index (χ4n) is 2.53. The smallest absolute Gasteiger partial charge is 0.250 e. The number of thiophene rings is 1. The predicted molar refractivity (Wildman–Crippen MR) is 109 cm³/mol. The van der Waals surface area contributed by atoms with Gasteiger partial charge in [0.1, 0.15) is 10.3 Å². The van der Waals surface area contributed by atoms with Crippen molar-refractivity contribution in [3.05, 3.63) is 41.3 Å². The number of hydrogen-bond acceptors (Lipinski definition) is 6. The summed E-state index contributed by atoms with van der Waals surface area (Å²) in [5, 5.41) is 4.48. The van der Waals surface area contributed by atoms with Gasteiger partial charge in [-0.15, -0.1) is 11.3 Å². The van der Waals surface area contributed by atoms with Crippen LogP contribution in [0.25, 0.3) is 0 Å². The van der Waals surface area contributed by atoms with E-state index in [1.807, 2.05) is 13.0 Å². The van der Waals surface area contributed by atoms with Crippen LogP contribution in [0.3, 0.4) is 0 Å². The number of ether oxygens (including phenoxy) is 2. The summed E-state index contributed by atoms with van der Waals surface area (Å²) in [5.74, 6) is 0.602. The van der Waals surface area contributed by atoms with Crippen molar-refractivity contribution in [2.24, 2.45) is 5.92 Å². The fourth-order valence-corrected chi connectivity index (χ4v) is 4.89. The molecule has 0 fully saturated rings. The molecule has 28 heavy (non-hydrogen) atoms. The van der Waals surface area contributed by atoms with Gasteiger partial charge in [-0.1, -0.05) is 26.0 Å². The van der Waals surface area contributed by atoms with Gasteiger partial charge >= 0.3 is 0 Å². The minimum absolute atomic E-state index is 0.183. The molecule has 0 bridgehead atoms. The Morgan fingerprint density at radius 2 is 1.96 bits per heavy atom. The number of benzene rings is 1. The van der Waals surface area contributed by atoms with Crippen molar-refractivity contribution < 1.29 is 22.7 Å². The maximum absolute atomic E-state index is 12.6. The zero-order chi connectivity index (χ0) is 20.7. The van der Waals surface area contributed by atoms with E-state index in [9.17, 15) is 13.2 Å². The number of amides is 1. The van der Waals surface area contributed by atoms with Gasteiger partial charge in [-0.25, -0.2) is 8.42 Å². The minimum Gasteiger partial charge on any atom is -0.493 e. The molecule has 0 aliphatic rings. The van der Waals surface area contributed by atoms with Gasteiger partial charge in [0.25, 0.3) is 10.0 Å². The Labute approximate surface area is 170 Å². The summed E-state index contributed by atoms with van der Waals surface area (Å²) in [6.45, 7) is 6.20. The molecule has 9 heteroatoms. The molecule has 0 aliphatic carbocycles. The van der Waals surface area contributed by atoms with Gasteiger partial charge in [-0.3, -0.25) is 4.79 Å². The van der Waals surface area contributed by atoms with Crippen molar-refractivity contribution >= 4 is 27.3 Å². The molecule has 1 atom stereocenters. The first-order chi connectivity index (χ1) is 13.3. The van der Waals surface area contributed by atoms with E-state index in [0.717, 1.165) is 16.9 Å². The molecule has 2 N–H and O–H groups in total. The van der Waals surface area contributed by atoms with Crippen molar-refractivity contribution in [3.8, 4) is 11.5 Å². The number of methoxy groups -OCH3 is 1. The van der Waals surface area contributed by atoms with Crippen molar-refractivity contribution in [2.75, 3.05) is 13.7 Å². The summed E-state index contributed by atoms with van der Waals surface area (Å²) in [6, 6.07) is 7.67. The lowest BCUT2D eigenvalue weighted by Gasteiger charge is -2.21. The third-order valence-corrected chi connectivity index (χ3v) is 6.82. The number of sulfonamides is 1. The number of carbonyl (C=O) groups excluding carboxylic acids is 1. The maximum Gasteiger partial charge on any atom is 0.250 e. The standard InChI is InChI=1S/C19H26N2O5S2/c1-5-26-16-11-14(8-9-15(16)25-4)12-20-19(22)18(13(2)3)21-28(23,24)17-7-6-10-27-17/h6-11,13,18,21H,5,12H2,1-4H3,(H,20,22)/t18-/m1/s1. The quantitative estimate of drug-likeness (QED) is 0.609. The van der Waals surface area contributed by atoms with Crippen molar-refractivity contribution in [1.82, 2.24) is 10.0 Å². The van der Waals surface area contributed by atoms with Crippen molar-refractivity contribution in [1.29, 1.82) is 0 Å². The normalized spacial score (nSPS) is 12.6. The first kappa shape index (κ1) is 22.2.